The third-order valence-electron chi connectivity index (χ3n) is 2.31. The third-order valence-corrected chi connectivity index (χ3v) is 3.47. The minimum absolute atomic E-state index is 0.228. The van der Waals surface area contributed by atoms with E-state index in [-0.39, 0.29) is 11.6 Å². The molecule has 6 heteroatoms. The van der Waals surface area contributed by atoms with Gasteiger partial charge in [0.15, 0.2) is 0 Å². The molecule has 0 unspecified atom stereocenters. The largest absolute Gasteiger partial charge is 0.397 e. The first kappa shape index (κ1) is 12.4. The maximum absolute atomic E-state index is 12.0. The maximum atomic E-state index is 12.0. The molecule has 4 nitrogen and oxygen atoms in total. The van der Waals surface area contributed by atoms with E-state index >= 15 is 0 Å². The quantitative estimate of drug-likeness (QED) is 0.828. The molecule has 1 aromatic carbocycles. The van der Waals surface area contributed by atoms with Crippen LogP contribution in [0.1, 0.15) is 15.9 Å². The summed E-state index contributed by atoms with van der Waals surface area (Å²) >= 11 is 7.12. The number of carbonyl (C=O) groups excluding carboxylic acids is 1. The van der Waals surface area contributed by atoms with Crippen LogP contribution in [0.4, 0.5) is 10.7 Å². The smallest absolute Gasteiger partial charge is 0.258 e. The predicted octanol–water partition coefficient (Wildman–Crippen LogP) is 3.11. The molecule has 2 aromatic rings. The van der Waals surface area contributed by atoms with Crippen LogP contribution in [-0.4, -0.2) is 5.91 Å². The summed E-state index contributed by atoms with van der Waals surface area (Å²) in [5.41, 5.74) is 6.67. The van der Waals surface area contributed by atoms with Gasteiger partial charge < -0.3 is 11.1 Å². The Morgan fingerprint density at radius 1 is 1.44 bits per heavy atom. The van der Waals surface area contributed by atoms with Gasteiger partial charge in [-0.2, -0.15) is 5.26 Å². The second-order valence-electron chi connectivity index (χ2n) is 3.43. The van der Waals surface area contributed by atoms with Crippen molar-refractivity contribution in [3.05, 3.63) is 45.8 Å². The first-order valence-corrected chi connectivity index (χ1v) is 6.22. The molecule has 1 heterocycles. The van der Waals surface area contributed by atoms with Crippen molar-refractivity contribution >= 4 is 39.5 Å². The number of thiophene rings is 1. The Labute approximate surface area is 113 Å². The van der Waals surface area contributed by atoms with E-state index in [1.54, 1.807) is 29.6 Å². The second kappa shape index (κ2) is 5.08. The molecule has 0 spiro atoms. The number of halogens is 1. The average Bonchev–Trinajstić information content (AvgIpc) is 2.79. The topological polar surface area (TPSA) is 78.9 Å². The molecule has 1 aromatic heterocycles. The highest BCUT2D eigenvalue weighted by Gasteiger charge is 2.14. The van der Waals surface area contributed by atoms with Crippen molar-refractivity contribution in [2.45, 2.75) is 0 Å². The fourth-order valence-corrected chi connectivity index (χ4v) is 2.31. The zero-order chi connectivity index (χ0) is 13.1. The van der Waals surface area contributed by atoms with Crippen molar-refractivity contribution < 1.29 is 4.79 Å². The molecule has 2 rings (SSSR count). The lowest BCUT2D eigenvalue weighted by Crippen LogP contribution is -2.14. The monoisotopic (exact) mass is 277 g/mol. The molecule has 18 heavy (non-hydrogen) atoms. The number of hydrogen-bond acceptors (Lipinski definition) is 4. The van der Waals surface area contributed by atoms with Crippen molar-refractivity contribution in [2.75, 3.05) is 11.1 Å². The second-order valence-corrected chi connectivity index (χ2v) is 4.75. The van der Waals surface area contributed by atoms with E-state index in [0.717, 1.165) is 0 Å². The molecule has 0 aliphatic heterocycles. The normalized spacial score (nSPS) is 9.78. The van der Waals surface area contributed by atoms with Gasteiger partial charge in [-0.3, -0.25) is 4.79 Å². The Kier molecular flexibility index (Phi) is 3.51. The molecule has 0 fully saturated rings. The fraction of sp³-hybridized carbons (Fsp3) is 0. The lowest BCUT2D eigenvalue weighted by Gasteiger charge is -2.07. The average molecular weight is 278 g/mol. The number of carbonyl (C=O) groups is 1. The van der Waals surface area contributed by atoms with E-state index < -0.39 is 0 Å². The van der Waals surface area contributed by atoms with Gasteiger partial charge in [-0.05, 0) is 23.6 Å². The van der Waals surface area contributed by atoms with Crippen LogP contribution >= 0.6 is 22.9 Å². The molecule has 0 radical (unpaired) electrons. The van der Waals surface area contributed by atoms with Gasteiger partial charge in [0.1, 0.15) is 11.1 Å². The number of nitrogens with one attached hydrogen (secondary N) is 1. The zero-order valence-electron chi connectivity index (χ0n) is 9.11. The van der Waals surface area contributed by atoms with Crippen LogP contribution in [0.2, 0.25) is 5.02 Å². The van der Waals surface area contributed by atoms with Gasteiger partial charge in [0.25, 0.3) is 5.91 Å². The summed E-state index contributed by atoms with van der Waals surface area (Å²) in [5, 5.41) is 14.1. The van der Waals surface area contributed by atoms with Crippen LogP contribution in [0, 0.1) is 11.3 Å². The Bertz CT molecular complexity index is 645. The Morgan fingerprint density at radius 3 is 2.94 bits per heavy atom. The zero-order valence-corrected chi connectivity index (χ0v) is 10.7. The number of rotatable bonds is 2. The number of anilines is 2. The highest BCUT2D eigenvalue weighted by Crippen LogP contribution is 2.26. The van der Waals surface area contributed by atoms with Crippen molar-refractivity contribution in [3.63, 3.8) is 0 Å². The van der Waals surface area contributed by atoms with Crippen molar-refractivity contribution in [1.82, 2.24) is 0 Å². The van der Waals surface area contributed by atoms with Gasteiger partial charge in [0.05, 0.1) is 21.8 Å². The molecular formula is C12H8ClN3OS. The molecule has 0 saturated heterocycles. The summed E-state index contributed by atoms with van der Waals surface area (Å²) < 4.78 is 0. The molecule has 0 aliphatic carbocycles. The number of nitrogens with zero attached hydrogens (tertiary/aromatic N) is 1. The van der Waals surface area contributed by atoms with Gasteiger partial charge in [-0.1, -0.05) is 17.7 Å². The molecule has 0 bridgehead atoms. The Balaban J connectivity index is 2.29. The van der Waals surface area contributed by atoms with E-state index in [0.29, 0.717) is 21.2 Å². The van der Waals surface area contributed by atoms with Gasteiger partial charge in [-0.25, -0.2) is 0 Å². The minimum atomic E-state index is -0.381. The van der Waals surface area contributed by atoms with E-state index in [2.05, 4.69) is 5.32 Å². The standard InChI is InChI=1S/C12H8ClN3OS/c13-9-3-1-2-8(10(9)15)11(17)16-12-7(6-14)4-5-18-12/h1-5H,15H2,(H,16,17). The highest BCUT2D eigenvalue weighted by atomic mass is 35.5. The molecule has 1 amide bonds. The summed E-state index contributed by atoms with van der Waals surface area (Å²) in [6, 6.07) is 8.47. The van der Waals surface area contributed by atoms with Crippen molar-refractivity contribution in [2.24, 2.45) is 0 Å². The van der Waals surface area contributed by atoms with Crippen LogP contribution in [0.25, 0.3) is 0 Å². The highest BCUT2D eigenvalue weighted by molar-refractivity contribution is 7.14. The number of nitriles is 1. The summed E-state index contributed by atoms with van der Waals surface area (Å²) in [5.74, 6) is -0.381. The summed E-state index contributed by atoms with van der Waals surface area (Å²) in [6.45, 7) is 0. The number of para-hydroxylation sites is 1. The molecule has 0 saturated carbocycles. The summed E-state index contributed by atoms with van der Waals surface area (Å²) in [4.78, 5) is 12.0. The van der Waals surface area contributed by atoms with Crippen molar-refractivity contribution in [1.29, 1.82) is 5.26 Å². The number of nitrogens with two attached hydrogens (primary N) is 1. The molecule has 90 valence electrons. The van der Waals surface area contributed by atoms with Crippen molar-refractivity contribution in [3.8, 4) is 6.07 Å². The first-order valence-electron chi connectivity index (χ1n) is 4.96. The van der Waals surface area contributed by atoms with E-state index in [1.165, 1.54) is 11.3 Å². The van der Waals surface area contributed by atoms with Crippen LogP contribution in [0.15, 0.2) is 29.6 Å². The number of amides is 1. The Hall–Kier alpha value is -2.03. The van der Waals surface area contributed by atoms with Gasteiger partial charge in [-0.15, -0.1) is 11.3 Å². The van der Waals surface area contributed by atoms with Crippen LogP contribution in [0.5, 0.6) is 0 Å². The van der Waals surface area contributed by atoms with Gasteiger partial charge in [0.2, 0.25) is 0 Å². The van der Waals surface area contributed by atoms with E-state index in [9.17, 15) is 4.79 Å². The number of hydrogen-bond donors (Lipinski definition) is 2. The molecule has 3 N–H and O–H groups in total. The van der Waals surface area contributed by atoms with Gasteiger partial charge in [0, 0.05) is 0 Å². The lowest BCUT2D eigenvalue weighted by molar-refractivity contribution is 0.102. The van der Waals surface area contributed by atoms with Crippen LogP contribution in [0.3, 0.4) is 0 Å². The number of nitrogen functional groups attached to an aromatic ring is 1. The summed E-state index contributed by atoms with van der Waals surface area (Å²) in [7, 11) is 0. The minimum Gasteiger partial charge on any atom is -0.397 e. The molecule has 0 atom stereocenters. The number of benzene rings is 1. The van der Waals surface area contributed by atoms with Crippen LogP contribution < -0.4 is 11.1 Å². The summed E-state index contributed by atoms with van der Waals surface area (Å²) in [6.07, 6.45) is 0. The lowest BCUT2D eigenvalue weighted by atomic mass is 10.1. The predicted molar refractivity (Wildman–Crippen MR) is 72.9 cm³/mol. The molecule has 0 aliphatic rings. The van der Waals surface area contributed by atoms with Crippen LogP contribution in [-0.2, 0) is 0 Å². The SMILES string of the molecule is N#Cc1ccsc1NC(=O)c1cccc(Cl)c1N. The Morgan fingerprint density at radius 2 is 2.22 bits per heavy atom. The molecular weight excluding hydrogens is 270 g/mol. The fourth-order valence-electron chi connectivity index (χ4n) is 1.40. The van der Waals surface area contributed by atoms with E-state index in [4.69, 9.17) is 22.6 Å². The van der Waals surface area contributed by atoms with E-state index in [1.807, 2.05) is 6.07 Å². The third kappa shape index (κ3) is 2.30. The van der Waals surface area contributed by atoms with Gasteiger partial charge >= 0.3 is 0 Å². The first-order chi connectivity index (χ1) is 8.63. The maximum Gasteiger partial charge on any atom is 0.258 e.